The van der Waals surface area contributed by atoms with Crippen molar-refractivity contribution in [3.8, 4) is 5.75 Å². The van der Waals surface area contributed by atoms with Crippen LogP contribution >= 0.6 is 23.5 Å². The summed E-state index contributed by atoms with van der Waals surface area (Å²) in [5.74, 6) is 1.62. The van der Waals surface area contributed by atoms with E-state index < -0.39 is 11.9 Å². The van der Waals surface area contributed by atoms with Gasteiger partial charge in [0.15, 0.2) is 6.61 Å². The molecule has 2 aliphatic heterocycles. The van der Waals surface area contributed by atoms with Crippen molar-refractivity contribution in [3.05, 3.63) is 29.8 Å². The van der Waals surface area contributed by atoms with E-state index in [1.165, 1.54) is 23.5 Å². The lowest BCUT2D eigenvalue weighted by atomic mass is 9.90. The number of nitrogens with zero attached hydrogens (tertiary/aromatic N) is 1. The van der Waals surface area contributed by atoms with Crippen LogP contribution in [0.4, 0.5) is 0 Å². The molecule has 2 heterocycles. The third kappa shape index (κ3) is 4.68. The number of carbonyl (C=O) groups excluding carboxylic acids is 1. The van der Waals surface area contributed by atoms with Gasteiger partial charge < -0.3 is 14.7 Å². The second kappa shape index (κ2) is 9.04. The second-order valence-electron chi connectivity index (χ2n) is 6.70. The predicted octanol–water partition coefficient (Wildman–Crippen LogP) is 3.65. The maximum Gasteiger partial charge on any atom is 0.308 e. The van der Waals surface area contributed by atoms with Gasteiger partial charge in [0.05, 0.1) is 10.5 Å². The molecule has 0 radical (unpaired) electrons. The number of hydrogen-bond acceptors (Lipinski definition) is 5. The Morgan fingerprint density at radius 2 is 1.88 bits per heavy atom. The quantitative estimate of drug-likeness (QED) is 0.821. The summed E-state index contributed by atoms with van der Waals surface area (Å²) >= 11 is 3.95. The van der Waals surface area contributed by atoms with Crippen LogP contribution in [0.1, 0.15) is 36.3 Å². The van der Waals surface area contributed by atoms with Crippen LogP contribution in [0.15, 0.2) is 24.3 Å². The van der Waals surface area contributed by atoms with Gasteiger partial charge in [0, 0.05) is 12.6 Å². The number of hydrogen-bond donors (Lipinski definition) is 1. The van der Waals surface area contributed by atoms with Crippen LogP contribution in [0.25, 0.3) is 0 Å². The number of benzene rings is 1. The first-order chi connectivity index (χ1) is 12.6. The summed E-state index contributed by atoms with van der Waals surface area (Å²) in [6.07, 6.45) is 2.62. The predicted molar refractivity (Wildman–Crippen MR) is 106 cm³/mol. The maximum atomic E-state index is 12.5. The Labute approximate surface area is 162 Å². The average molecular weight is 396 g/mol. The van der Waals surface area contributed by atoms with Crippen LogP contribution in [0.5, 0.6) is 5.75 Å². The van der Waals surface area contributed by atoms with Crippen molar-refractivity contribution < 1.29 is 19.4 Å². The van der Waals surface area contributed by atoms with Crippen molar-refractivity contribution >= 4 is 35.4 Å². The molecule has 1 N–H and O–H groups in total. The van der Waals surface area contributed by atoms with E-state index in [0.29, 0.717) is 23.3 Å². The lowest BCUT2D eigenvalue weighted by Crippen LogP contribution is -2.50. The van der Waals surface area contributed by atoms with Gasteiger partial charge in [0.1, 0.15) is 5.75 Å². The summed E-state index contributed by atoms with van der Waals surface area (Å²) < 4.78 is 6.14. The monoisotopic (exact) mass is 395 g/mol. The third-order valence-electron chi connectivity index (χ3n) is 4.97. The first kappa shape index (κ1) is 19.4. The first-order valence-electron chi connectivity index (χ1n) is 9.04. The van der Waals surface area contributed by atoms with Gasteiger partial charge in [-0.3, -0.25) is 9.59 Å². The van der Waals surface area contributed by atoms with E-state index >= 15 is 0 Å². The number of thioether (sulfide) groups is 2. The van der Waals surface area contributed by atoms with Gasteiger partial charge >= 0.3 is 5.97 Å². The van der Waals surface area contributed by atoms with Gasteiger partial charge in [-0.05, 0) is 55.4 Å². The molecule has 26 heavy (non-hydrogen) atoms. The highest BCUT2D eigenvalue weighted by atomic mass is 32.2. The molecule has 1 aromatic rings. The fraction of sp³-hybridized carbons (Fsp3) is 0.579. The molecule has 0 unspecified atom stereocenters. The lowest BCUT2D eigenvalue weighted by Gasteiger charge is -2.37. The summed E-state index contributed by atoms with van der Waals surface area (Å²) in [6.45, 7) is 2.36. The van der Waals surface area contributed by atoms with Gasteiger partial charge in [0.25, 0.3) is 5.91 Å². The number of piperidine rings is 1. The molecule has 0 saturated carbocycles. The van der Waals surface area contributed by atoms with E-state index in [2.05, 4.69) is 12.1 Å². The Morgan fingerprint density at radius 1 is 1.19 bits per heavy atom. The summed E-state index contributed by atoms with van der Waals surface area (Å²) in [5.41, 5.74) is 1.28. The van der Waals surface area contributed by atoms with Gasteiger partial charge in [0.2, 0.25) is 0 Å². The van der Waals surface area contributed by atoms with Gasteiger partial charge in [-0.15, -0.1) is 23.5 Å². The normalized spacial score (nSPS) is 24.3. The van der Waals surface area contributed by atoms with E-state index in [9.17, 15) is 14.7 Å². The molecular weight excluding hydrogens is 370 g/mol. The molecule has 7 heteroatoms. The van der Waals surface area contributed by atoms with Gasteiger partial charge in [-0.2, -0.15) is 0 Å². The molecule has 2 saturated heterocycles. The maximum absolute atomic E-state index is 12.5. The summed E-state index contributed by atoms with van der Waals surface area (Å²) in [6, 6.07) is 7.68. The van der Waals surface area contributed by atoms with Crippen LogP contribution < -0.4 is 4.74 Å². The molecule has 2 atom stereocenters. The molecule has 3 rings (SSSR count). The van der Waals surface area contributed by atoms with Crippen molar-refractivity contribution in [3.63, 3.8) is 0 Å². The molecule has 5 nitrogen and oxygen atoms in total. The highest BCUT2D eigenvalue weighted by Crippen LogP contribution is 2.43. The molecule has 1 aromatic carbocycles. The number of carbonyl (C=O) groups is 2. The number of aliphatic carboxylic acids is 1. The molecule has 0 aliphatic carbocycles. The van der Waals surface area contributed by atoms with Crippen molar-refractivity contribution in [2.45, 2.75) is 36.8 Å². The number of rotatable bonds is 5. The molecule has 0 bridgehead atoms. The van der Waals surface area contributed by atoms with E-state index in [4.69, 9.17) is 4.74 Å². The number of carboxylic acids is 1. The molecule has 0 aromatic heterocycles. The Bertz CT molecular complexity index is 631. The zero-order valence-corrected chi connectivity index (χ0v) is 16.6. The van der Waals surface area contributed by atoms with E-state index in [-0.39, 0.29) is 18.6 Å². The Balaban J connectivity index is 1.53. The van der Waals surface area contributed by atoms with Gasteiger partial charge in [-0.1, -0.05) is 12.1 Å². The third-order valence-corrected chi connectivity index (χ3v) is 7.98. The zero-order chi connectivity index (χ0) is 18.5. The number of carboxylic acid groups (broad SMARTS) is 1. The number of amides is 1. The highest BCUT2D eigenvalue weighted by molar-refractivity contribution is 8.16. The Kier molecular flexibility index (Phi) is 6.75. The van der Waals surface area contributed by atoms with Crippen LogP contribution in [0.3, 0.4) is 0 Å². The molecule has 0 spiro atoms. The molecule has 2 fully saturated rings. The standard InChI is InChI=1S/C19H25NO4S2/c1-13-16(18(22)23)4-2-9-20(13)17(21)12-24-15-7-5-14(6-8-15)19-25-10-3-11-26-19/h5-8,13,16,19H,2-4,9-12H2,1H3,(H,22,23)/t13-,16-/m1/s1. The Hall–Kier alpha value is -1.34. The number of ether oxygens (including phenoxy) is 1. The fourth-order valence-corrected chi connectivity index (χ4v) is 6.35. The van der Waals surface area contributed by atoms with Crippen molar-refractivity contribution in [1.82, 2.24) is 4.90 Å². The highest BCUT2D eigenvalue weighted by Gasteiger charge is 2.35. The van der Waals surface area contributed by atoms with Crippen LogP contribution in [0.2, 0.25) is 0 Å². The zero-order valence-electron chi connectivity index (χ0n) is 14.9. The molecular formula is C19H25NO4S2. The van der Waals surface area contributed by atoms with E-state index in [1.54, 1.807) is 4.90 Å². The van der Waals surface area contributed by atoms with E-state index in [0.717, 1.165) is 6.42 Å². The van der Waals surface area contributed by atoms with Crippen molar-refractivity contribution in [1.29, 1.82) is 0 Å². The summed E-state index contributed by atoms with van der Waals surface area (Å²) in [5, 5.41) is 9.28. The average Bonchev–Trinajstić information content (AvgIpc) is 2.67. The lowest BCUT2D eigenvalue weighted by molar-refractivity contribution is -0.149. The topological polar surface area (TPSA) is 66.8 Å². The SMILES string of the molecule is C[C@@H]1[C@H](C(=O)O)CCCN1C(=O)COc1ccc(C2SCCCS2)cc1. The molecule has 1 amide bonds. The minimum absolute atomic E-state index is 0.0526. The largest absolute Gasteiger partial charge is 0.484 e. The molecule has 142 valence electrons. The van der Waals surface area contributed by atoms with Crippen LogP contribution in [-0.2, 0) is 9.59 Å². The fourth-order valence-electron chi connectivity index (χ4n) is 3.45. The summed E-state index contributed by atoms with van der Waals surface area (Å²) in [4.78, 5) is 25.4. The molecule has 2 aliphatic rings. The second-order valence-corrected chi connectivity index (χ2v) is 9.42. The van der Waals surface area contributed by atoms with Crippen LogP contribution in [-0.4, -0.2) is 52.6 Å². The minimum Gasteiger partial charge on any atom is -0.484 e. The number of likely N-dealkylation sites (tertiary alicyclic amines) is 1. The smallest absolute Gasteiger partial charge is 0.308 e. The van der Waals surface area contributed by atoms with Gasteiger partial charge in [-0.25, -0.2) is 0 Å². The van der Waals surface area contributed by atoms with Crippen molar-refractivity contribution in [2.75, 3.05) is 24.7 Å². The minimum atomic E-state index is -0.829. The first-order valence-corrected chi connectivity index (χ1v) is 11.1. The summed E-state index contributed by atoms with van der Waals surface area (Å²) in [7, 11) is 0. The van der Waals surface area contributed by atoms with Crippen molar-refractivity contribution in [2.24, 2.45) is 5.92 Å². The Morgan fingerprint density at radius 3 is 2.54 bits per heavy atom. The van der Waals surface area contributed by atoms with E-state index in [1.807, 2.05) is 42.6 Å². The van der Waals surface area contributed by atoms with Crippen LogP contribution in [0, 0.1) is 5.92 Å².